The van der Waals surface area contributed by atoms with Crippen molar-refractivity contribution < 1.29 is 41.3 Å². The van der Waals surface area contributed by atoms with Crippen LogP contribution in [0.4, 0.5) is 22.4 Å². The first-order chi connectivity index (χ1) is 12.3. The minimum Gasteiger partial charge on any atom is -0.490 e. The Labute approximate surface area is 152 Å². The lowest BCUT2D eigenvalue weighted by atomic mass is 9.89. The third-order valence-electron chi connectivity index (χ3n) is 3.85. The van der Waals surface area contributed by atoms with Crippen molar-refractivity contribution in [2.45, 2.75) is 63.6 Å². The number of halogens is 4. The maximum Gasteiger partial charge on any atom is 0.507 e. The Balaban J connectivity index is 1.53. The lowest BCUT2D eigenvalue weighted by Gasteiger charge is -2.36. The van der Waals surface area contributed by atoms with Crippen LogP contribution < -0.4 is 19.5 Å². The summed E-state index contributed by atoms with van der Waals surface area (Å²) in [5.74, 6) is -0.874. The van der Waals surface area contributed by atoms with E-state index in [1.165, 1.54) is 6.07 Å². The van der Waals surface area contributed by atoms with Gasteiger partial charge >= 0.3 is 18.3 Å². The molecule has 1 amide bonds. The van der Waals surface area contributed by atoms with Crippen molar-refractivity contribution in [2.24, 2.45) is 0 Å². The molecule has 0 saturated heterocycles. The summed E-state index contributed by atoms with van der Waals surface area (Å²) in [5.41, 5.74) is -0.603. The number of benzene rings is 1. The van der Waals surface area contributed by atoms with E-state index < -0.39 is 35.4 Å². The maximum atomic E-state index is 13.2. The third-order valence-corrected chi connectivity index (χ3v) is 3.85. The highest BCUT2D eigenvalue weighted by atomic mass is 19.3. The molecular weight excluding hydrogens is 374 g/mol. The second-order valence-corrected chi connectivity index (χ2v) is 7.40. The molecule has 0 unspecified atom stereocenters. The van der Waals surface area contributed by atoms with Crippen molar-refractivity contribution >= 4 is 6.09 Å². The number of alkyl carbamates (subject to hydrolysis) is 1. The number of nitrogens with one attached hydrogen (secondary N) is 1. The number of carbonyl (C=O) groups is 1. The van der Waals surface area contributed by atoms with Crippen LogP contribution in [-0.2, 0) is 4.74 Å². The second-order valence-electron chi connectivity index (χ2n) is 7.40. The van der Waals surface area contributed by atoms with Crippen molar-refractivity contribution in [1.29, 1.82) is 0 Å². The summed E-state index contributed by atoms with van der Waals surface area (Å²) in [7, 11) is 0. The molecule has 1 N–H and O–H groups in total. The predicted octanol–water partition coefficient (Wildman–Crippen LogP) is 4.08. The van der Waals surface area contributed by atoms with Gasteiger partial charge in [0.25, 0.3) is 0 Å². The van der Waals surface area contributed by atoms with Crippen molar-refractivity contribution in [1.82, 2.24) is 5.32 Å². The summed E-state index contributed by atoms with van der Waals surface area (Å²) in [5, 5.41) is 2.69. The van der Waals surface area contributed by atoms with E-state index in [9.17, 15) is 22.4 Å². The van der Waals surface area contributed by atoms with Crippen LogP contribution >= 0.6 is 0 Å². The number of amides is 1. The van der Waals surface area contributed by atoms with Gasteiger partial charge in [0.2, 0.25) is 0 Å². The van der Waals surface area contributed by atoms with Crippen molar-refractivity contribution in [3.05, 3.63) is 18.2 Å². The van der Waals surface area contributed by atoms with Crippen LogP contribution in [0.5, 0.6) is 17.2 Å². The summed E-state index contributed by atoms with van der Waals surface area (Å²) >= 11 is 0. The van der Waals surface area contributed by atoms with Crippen LogP contribution in [0.15, 0.2) is 18.2 Å². The van der Waals surface area contributed by atoms with Gasteiger partial charge in [0, 0.05) is 24.9 Å². The maximum absolute atomic E-state index is 13.2. The smallest absolute Gasteiger partial charge is 0.490 e. The highest BCUT2D eigenvalue weighted by molar-refractivity contribution is 5.68. The molecule has 0 spiro atoms. The quantitative estimate of drug-likeness (QED) is 0.784. The van der Waals surface area contributed by atoms with Crippen molar-refractivity contribution in [3.8, 4) is 17.2 Å². The Kier molecular flexibility index (Phi) is 4.55. The van der Waals surface area contributed by atoms with E-state index in [0.29, 0.717) is 12.8 Å². The fourth-order valence-corrected chi connectivity index (χ4v) is 2.57. The Bertz CT molecular complexity index is 729. The monoisotopic (exact) mass is 393 g/mol. The molecule has 0 radical (unpaired) electrons. The van der Waals surface area contributed by atoms with Crippen LogP contribution in [0.1, 0.15) is 33.6 Å². The number of fused-ring (bicyclic) bond motifs is 1. The zero-order valence-corrected chi connectivity index (χ0v) is 14.9. The van der Waals surface area contributed by atoms with Gasteiger partial charge in [-0.1, -0.05) is 0 Å². The molecule has 1 aliphatic heterocycles. The molecule has 10 heteroatoms. The molecule has 1 aromatic rings. The van der Waals surface area contributed by atoms with Gasteiger partial charge < -0.3 is 24.3 Å². The standard InChI is InChI=1S/C17H19F4NO5/c1-15(2,3)27-14(23)22-9-6-11(7-9)24-10-4-5-12-13(8-10)26-17(20,21)16(18,19)25-12/h4-5,8-9,11H,6-7H2,1-3H3,(H,22,23). The van der Waals surface area contributed by atoms with Gasteiger partial charge in [0.15, 0.2) is 11.5 Å². The molecule has 1 heterocycles. The Morgan fingerprint density at radius 2 is 1.70 bits per heavy atom. The average molecular weight is 393 g/mol. The predicted molar refractivity (Wildman–Crippen MR) is 84.4 cm³/mol. The normalized spacial score (nSPS) is 25.1. The Morgan fingerprint density at radius 3 is 2.30 bits per heavy atom. The molecule has 1 saturated carbocycles. The number of hydrogen-bond acceptors (Lipinski definition) is 5. The first-order valence-corrected chi connectivity index (χ1v) is 8.28. The minimum absolute atomic E-state index is 0.134. The highest BCUT2D eigenvalue weighted by Gasteiger charge is 2.66. The molecule has 6 nitrogen and oxygen atoms in total. The first-order valence-electron chi connectivity index (χ1n) is 8.28. The number of rotatable bonds is 3. The largest absolute Gasteiger partial charge is 0.507 e. The molecule has 0 aromatic heterocycles. The molecule has 2 aliphatic rings. The van der Waals surface area contributed by atoms with Gasteiger partial charge in [-0.2, -0.15) is 17.6 Å². The topological polar surface area (TPSA) is 66.0 Å². The lowest BCUT2D eigenvalue weighted by molar-refractivity contribution is -0.391. The van der Waals surface area contributed by atoms with Crippen LogP contribution in [-0.4, -0.2) is 36.1 Å². The van der Waals surface area contributed by atoms with E-state index in [2.05, 4.69) is 14.8 Å². The molecule has 1 fully saturated rings. The summed E-state index contributed by atoms with van der Waals surface area (Å²) in [6, 6.07) is 3.32. The van der Waals surface area contributed by atoms with E-state index >= 15 is 0 Å². The highest BCUT2D eigenvalue weighted by Crippen LogP contribution is 2.48. The van der Waals surface area contributed by atoms with Gasteiger partial charge in [0.1, 0.15) is 17.5 Å². The van der Waals surface area contributed by atoms with Crippen LogP contribution in [0, 0.1) is 0 Å². The van der Waals surface area contributed by atoms with Crippen LogP contribution in [0.3, 0.4) is 0 Å². The van der Waals surface area contributed by atoms with E-state index in [0.717, 1.165) is 12.1 Å². The number of alkyl halides is 4. The molecule has 1 aliphatic carbocycles. The van der Waals surface area contributed by atoms with Gasteiger partial charge in [-0.3, -0.25) is 0 Å². The van der Waals surface area contributed by atoms with Crippen LogP contribution in [0.25, 0.3) is 0 Å². The SMILES string of the molecule is CC(C)(C)OC(=O)NC1CC(Oc2ccc3c(c2)OC(F)(F)C(F)(F)O3)C1. The molecule has 27 heavy (non-hydrogen) atoms. The molecule has 1 aromatic carbocycles. The van der Waals surface area contributed by atoms with E-state index in [1.54, 1.807) is 20.8 Å². The van der Waals surface area contributed by atoms with Crippen molar-refractivity contribution in [3.63, 3.8) is 0 Å². The van der Waals surface area contributed by atoms with E-state index in [4.69, 9.17) is 9.47 Å². The lowest BCUT2D eigenvalue weighted by Crippen LogP contribution is -2.52. The summed E-state index contributed by atoms with van der Waals surface area (Å²) in [6.45, 7) is 5.25. The van der Waals surface area contributed by atoms with Gasteiger partial charge in [-0.05, 0) is 32.9 Å². The van der Waals surface area contributed by atoms with Gasteiger partial charge in [-0.15, -0.1) is 0 Å². The summed E-state index contributed by atoms with van der Waals surface area (Å²) < 4.78 is 71.5. The zero-order valence-electron chi connectivity index (χ0n) is 14.9. The van der Waals surface area contributed by atoms with Crippen LogP contribution in [0.2, 0.25) is 0 Å². The van der Waals surface area contributed by atoms with E-state index in [-0.39, 0.29) is 17.9 Å². The van der Waals surface area contributed by atoms with E-state index in [1.807, 2.05) is 0 Å². The number of carbonyl (C=O) groups excluding carboxylic acids is 1. The zero-order chi connectivity index (χ0) is 20.0. The molecule has 3 rings (SSSR count). The minimum atomic E-state index is -4.78. The number of hydrogen-bond donors (Lipinski definition) is 1. The fourth-order valence-electron chi connectivity index (χ4n) is 2.57. The first kappa shape index (κ1) is 19.4. The molecule has 0 bridgehead atoms. The fraction of sp³-hybridized carbons (Fsp3) is 0.588. The molecular formula is C17H19F4NO5. The summed E-state index contributed by atoms with van der Waals surface area (Å²) in [6.07, 6.45) is -9.36. The van der Waals surface area contributed by atoms with Crippen molar-refractivity contribution in [2.75, 3.05) is 0 Å². The molecule has 0 atom stereocenters. The average Bonchev–Trinajstić information content (AvgIpc) is 2.44. The number of ether oxygens (including phenoxy) is 4. The third kappa shape index (κ3) is 4.30. The van der Waals surface area contributed by atoms with Gasteiger partial charge in [-0.25, -0.2) is 4.79 Å². The Morgan fingerprint density at radius 1 is 1.11 bits per heavy atom. The second kappa shape index (κ2) is 6.35. The van der Waals surface area contributed by atoms with Gasteiger partial charge in [0.05, 0.1) is 0 Å². The Hall–Kier alpha value is -2.39. The summed E-state index contributed by atoms with van der Waals surface area (Å²) in [4.78, 5) is 11.7. The molecule has 150 valence electrons.